The monoisotopic (exact) mass is 417 g/mol. The van der Waals surface area contributed by atoms with Crippen molar-refractivity contribution in [3.8, 4) is 0 Å². The first kappa shape index (κ1) is 19.0. The van der Waals surface area contributed by atoms with E-state index in [0.29, 0.717) is 5.71 Å². The second-order valence-electron chi connectivity index (χ2n) is 7.69. The molecule has 7 nitrogen and oxygen atoms in total. The molecule has 0 spiro atoms. The third-order valence-electron chi connectivity index (χ3n) is 5.52. The summed E-state index contributed by atoms with van der Waals surface area (Å²) in [5.74, 6) is 0. The molecule has 1 N–H and O–H groups in total. The molecule has 8 heteroatoms. The van der Waals surface area contributed by atoms with E-state index in [1.165, 1.54) is 5.69 Å². The second-order valence-corrected chi connectivity index (χ2v) is 8.73. The van der Waals surface area contributed by atoms with Gasteiger partial charge in [0, 0.05) is 53.9 Å². The molecule has 0 atom stereocenters. The molecular formula is C22H23N7S. The summed E-state index contributed by atoms with van der Waals surface area (Å²) in [4.78, 5) is 10.5. The van der Waals surface area contributed by atoms with Gasteiger partial charge in [-0.25, -0.2) is 0 Å². The minimum absolute atomic E-state index is 0.523. The van der Waals surface area contributed by atoms with Crippen LogP contribution >= 0.6 is 11.8 Å². The molecule has 0 saturated carbocycles. The Morgan fingerprint density at radius 3 is 2.67 bits per heavy atom. The first-order chi connectivity index (χ1) is 14.6. The molecule has 4 aromatic rings. The first-order valence-electron chi connectivity index (χ1n) is 9.98. The minimum Gasteiger partial charge on any atom is -0.368 e. The van der Waals surface area contributed by atoms with Crippen LogP contribution in [-0.2, 0) is 0 Å². The molecule has 0 aliphatic carbocycles. The summed E-state index contributed by atoms with van der Waals surface area (Å²) < 4.78 is 1.95. The molecule has 1 saturated heterocycles. The van der Waals surface area contributed by atoms with Crippen LogP contribution in [0.2, 0.25) is 0 Å². The number of hydrogen-bond donors (Lipinski definition) is 1. The van der Waals surface area contributed by atoms with Gasteiger partial charge in [-0.1, -0.05) is 0 Å². The summed E-state index contributed by atoms with van der Waals surface area (Å²) in [5.41, 5.74) is 4.34. The van der Waals surface area contributed by atoms with Gasteiger partial charge in [0.25, 0.3) is 0 Å². The van der Waals surface area contributed by atoms with Crippen LogP contribution in [0.4, 0.5) is 5.69 Å². The average molecular weight is 418 g/mol. The van der Waals surface area contributed by atoms with E-state index in [0.717, 1.165) is 58.3 Å². The third-order valence-corrected chi connectivity index (χ3v) is 6.47. The first-order valence-corrected chi connectivity index (χ1v) is 10.8. The van der Waals surface area contributed by atoms with Gasteiger partial charge in [0.1, 0.15) is 0 Å². The number of hydrogen-bond acceptors (Lipinski definition) is 7. The Bertz CT molecular complexity index is 1240. The van der Waals surface area contributed by atoms with Gasteiger partial charge in [-0.05, 0) is 62.1 Å². The van der Waals surface area contributed by atoms with Crippen molar-refractivity contribution in [3.05, 3.63) is 54.4 Å². The largest absolute Gasteiger partial charge is 0.368 e. The molecule has 1 aliphatic rings. The van der Waals surface area contributed by atoms with Gasteiger partial charge in [-0.2, -0.15) is 0 Å². The highest BCUT2D eigenvalue weighted by Gasteiger charge is 2.15. The summed E-state index contributed by atoms with van der Waals surface area (Å²) in [5, 5.41) is 18.4. The molecule has 30 heavy (non-hydrogen) atoms. The van der Waals surface area contributed by atoms with Gasteiger partial charge in [0.05, 0.1) is 17.4 Å². The Morgan fingerprint density at radius 1 is 1.03 bits per heavy atom. The number of piperazine rings is 1. The van der Waals surface area contributed by atoms with Crippen LogP contribution in [0.5, 0.6) is 0 Å². The lowest BCUT2D eigenvalue weighted by Gasteiger charge is -2.33. The van der Waals surface area contributed by atoms with Crippen LogP contribution < -0.4 is 4.90 Å². The van der Waals surface area contributed by atoms with E-state index in [4.69, 9.17) is 5.41 Å². The van der Waals surface area contributed by atoms with Crippen molar-refractivity contribution in [1.82, 2.24) is 24.5 Å². The number of benzene rings is 1. The number of anilines is 1. The number of likely N-dealkylation sites (N-methyl/N-ethyl adjacent to an activating group) is 1. The summed E-state index contributed by atoms with van der Waals surface area (Å²) in [7, 11) is 2.17. The molecule has 1 aliphatic heterocycles. The van der Waals surface area contributed by atoms with Crippen molar-refractivity contribution in [2.75, 3.05) is 38.1 Å². The number of fused-ring (bicyclic) bond motifs is 2. The fourth-order valence-electron chi connectivity index (χ4n) is 3.67. The van der Waals surface area contributed by atoms with Gasteiger partial charge in [0.2, 0.25) is 0 Å². The molecule has 0 radical (unpaired) electrons. The molecule has 0 unspecified atom stereocenters. The van der Waals surface area contributed by atoms with Crippen molar-refractivity contribution in [1.29, 1.82) is 5.41 Å². The van der Waals surface area contributed by atoms with E-state index in [1.54, 1.807) is 18.7 Å². The standard InChI is InChI=1S/C22H23N7S/c1-15(23)16-3-6-21-25-26-22(29(21)14-16)30-19-4-5-20-17(12-19)11-18(13-24-20)28-9-7-27(2)8-10-28/h3-6,11-14,23H,7-10H2,1-2H3. The van der Waals surface area contributed by atoms with Crippen molar-refractivity contribution < 1.29 is 0 Å². The van der Waals surface area contributed by atoms with E-state index in [1.807, 2.05) is 28.9 Å². The zero-order chi connectivity index (χ0) is 20.7. The Balaban J connectivity index is 1.45. The quantitative estimate of drug-likeness (QED) is 0.512. The van der Waals surface area contributed by atoms with Gasteiger partial charge in [-0.3, -0.25) is 9.38 Å². The van der Waals surface area contributed by atoms with Crippen molar-refractivity contribution in [3.63, 3.8) is 0 Å². The maximum atomic E-state index is 7.89. The topological polar surface area (TPSA) is 73.4 Å². The zero-order valence-corrected chi connectivity index (χ0v) is 17.9. The van der Waals surface area contributed by atoms with Crippen LogP contribution in [0.25, 0.3) is 16.6 Å². The number of nitrogens with one attached hydrogen (secondary N) is 1. The van der Waals surface area contributed by atoms with Crippen LogP contribution in [0, 0.1) is 5.41 Å². The predicted octanol–water partition coefficient (Wildman–Crippen LogP) is 3.57. The smallest absolute Gasteiger partial charge is 0.200 e. The highest BCUT2D eigenvalue weighted by atomic mass is 32.2. The number of rotatable bonds is 4. The molecule has 5 rings (SSSR count). The zero-order valence-electron chi connectivity index (χ0n) is 17.0. The average Bonchev–Trinajstić information content (AvgIpc) is 3.16. The Morgan fingerprint density at radius 2 is 1.87 bits per heavy atom. The van der Waals surface area contributed by atoms with Crippen molar-refractivity contribution >= 4 is 39.7 Å². The normalized spacial score (nSPS) is 15.2. The van der Waals surface area contributed by atoms with Crippen molar-refractivity contribution in [2.24, 2.45) is 0 Å². The molecule has 1 aromatic carbocycles. The van der Waals surface area contributed by atoms with E-state index in [2.05, 4.69) is 56.3 Å². The second kappa shape index (κ2) is 7.70. The molecular weight excluding hydrogens is 394 g/mol. The highest BCUT2D eigenvalue weighted by Crippen LogP contribution is 2.30. The lowest BCUT2D eigenvalue weighted by molar-refractivity contribution is 0.313. The summed E-state index contributed by atoms with van der Waals surface area (Å²) in [6.45, 7) is 5.99. The van der Waals surface area contributed by atoms with Crippen LogP contribution in [0.3, 0.4) is 0 Å². The minimum atomic E-state index is 0.523. The summed E-state index contributed by atoms with van der Waals surface area (Å²) >= 11 is 1.57. The van der Waals surface area contributed by atoms with Gasteiger partial charge in [0.15, 0.2) is 10.8 Å². The lowest BCUT2D eigenvalue weighted by atomic mass is 10.2. The highest BCUT2D eigenvalue weighted by molar-refractivity contribution is 7.99. The van der Waals surface area contributed by atoms with Gasteiger partial charge >= 0.3 is 0 Å². The lowest BCUT2D eigenvalue weighted by Crippen LogP contribution is -2.44. The molecule has 1 fully saturated rings. The molecule has 4 heterocycles. The summed E-state index contributed by atoms with van der Waals surface area (Å²) in [6, 6.07) is 12.3. The summed E-state index contributed by atoms with van der Waals surface area (Å²) in [6.07, 6.45) is 3.90. The fourth-order valence-corrected chi connectivity index (χ4v) is 4.52. The molecule has 0 bridgehead atoms. The van der Waals surface area contributed by atoms with Gasteiger partial charge in [-0.15, -0.1) is 10.2 Å². The van der Waals surface area contributed by atoms with E-state index >= 15 is 0 Å². The molecule has 0 amide bonds. The van der Waals surface area contributed by atoms with Crippen LogP contribution in [0.1, 0.15) is 12.5 Å². The Hall–Kier alpha value is -2.97. The Kier molecular flexibility index (Phi) is 4.88. The number of aromatic nitrogens is 4. The number of nitrogens with zero attached hydrogens (tertiary/aromatic N) is 6. The SMILES string of the molecule is CC(=N)c1ccc2nnc(Sc3ccc4ncc(N5CCN(C)CC5)cc4c3)n2c1. The Labute approximate surface area is 179 Å². The number of pyridine rings is 2. The van der Waals surface area contributed by atoms with Crippen LogP contribution in [0.15, 0.2) is 58.8 Å². The maximum absolute atomic E-state index is 7.89. The third kappa shape index (κ3) is 3.64. The van der Waals surface area contributed by atoms with E-state index < -0.39 is 0 Å². The predicted molar refractivity (Wildman–Crippen MR) is 121 cm³/mol. The molecule has 152 valence electrons. The fraction of sp³-hybridized carbons (Fsp3) is 0.273. The van der Waals surface area contributed by atoms with Crippen molar-refractivity contribution in [2.45, 2.75) is 17.0 Å². The maximum Gasteiger partial charge on any atom is 0.200 e. The van der Waals surface area contributed by atoms with E-state index in [9.17, 15) is 0 Å². The van der Waals surface area contributed by atoms with Gasteiger partial charge < -0.3 is 15.2 Å². The molecule has 3 aromatic heterocycles. The van der Waals surface area contributed by atoms with E-state index in [-0.39, 0.29) is 0 Å². The van der Waals surface area contributed by atoms with Crippen LogP contribution in [-0.4, -0.2) is 63.4 Å².